The standard InChI is InChI=1S/C20H15ClN4O2S/c1-11-3-8-15(25(26)27)9-16(11)24-19-18-17(13-4-6-14(21)7-5-13)12(2)28-20(18)23-10-22-19/h3-10H,1-2H3,(H,22,23,24). The predicted molar refractivity (Wildman–Crippen MR) is 114 cm³/mol. The lowest BCUT2D eigenvalue weighted by molar-refractivity contribution is -0.384. The molecule has 0 aliphatic carbocycles. The smallest absolute Gasteiger partial charge is 0.271 e. The van der Waals surface area contributed by atoms with Crippen molar-refractivity contribution in [1.29, 1.82) is 0 Å². The molecule has 0 spiro atoms. The van der Waals surface area contributed by atoms with Gasteiger partial charge in [0.2, 0.25) is 0 Å². The summed E-state index contributed by atoms with van der Waals surface area (Å²) in [5.74, 6) is 0.614. The van der Waals surface area contributed by atoms with E-state index < -0.39 is 4.92 Å². The molecule has 0 saturated heterocycles. The van der Waals surface area contributed by atoms with Crippen LogP contribution < -0.4 is 5.32 Å². The van der Waals surface area contributed by atoms with Gasteiger partial charge in [0.1, 0.15) is 17.0 Å². The Hall–Kier alpha value is -3.03. The SMILES string of the molecule is Cc1ccc([N+](=O)[O-])cc1Nc1ncnc2sc(C)c(-c3ccc(Cl)cc3)c12. The number of benzene rings is 2. The topological polar surface area (TPSA) is 81.0 Å². The van der Waals surface area contributed by atoms with Gasteiger partial charge in [-0.3, -0.25) is 10.1 Å². The average Bonchev–Trinajstić information content (AvgIpc) is 3.01. The lowest BCUT2D eigenvalue weighted by atomic mass is 10.0. The molecule has 28 heavy (non-hydrogen) atoms. The number of hydrogen-bond acceptors (Lipinski definition) is 6. The van der Waals surface area contributed by atoms with Crippen LogP contribution in [0, 0.1) is 24.0 Å². The molecule has 0 bridgehead atoms. The first kappa shape index (κ1) is 18.3. The quantitative estimate of drug-likeness (QED) is 0.316. The third-order valence-electron chi connectivity index (χ3n) is 4.48. The van der Waals surface area contributed by atoms with Crippen molar-refractivity contribution >= 4 is 50.3 Å². The number of halogens is 1. The lowest BCUT2D eigenvalue weighted by Gasteiger charge is -2.11. The van der Waals surface area contributed by atoms with E-state index in [2.05, 4.69) is 15.3 Å². The number of aryl methyl sites for hydroxylation is 2. The number of hydrogen-bond donors (Lipinski definition) is 1. The van der Waals surface area contributed by atoms with E-state index in [4.69, 9.17) is 11.6 Å². The fourth-order valence-corrected chi connectivity index (χ4v) is 4.23. The van der Waals surface area contributed by atoms with Gasteiger partial charge in [-0.15, -0.1) is 11.3 Å². The summed E-state index contributed by atoms with van der Waals surface area (Å²) in [6.07, 6.45) is 1.50. The third-order valence-corrected chi connectivity index (χ3v) is 5.75. The Bertz CT molecular complexity index is 1210. The second-order valence-electron chi connectivity index (χ2n) is 6.32. The van der Waals surface area contributed by atoms with Crippen LogP contribution in [-0.2, 0) is 0 Å². The Balaban J connectivity index is 1.88. The number of rotatable bonds is 4. The molecule has 2 heterocycles. The highest BCUT2D eigenvalue weighted by atomic mass is 35.5. The molecular weight excluding hydrogens is 396 g/mol. The van der Waals surface area contributed by atoms with Crippen LogP contribution in [0.5, 0.6) is 0 Å². The Morgan fingerprint density at radius 2 is 1.86 bits per heavy atom. The fourth-order valence-electron chi connectivity index (χ4n) is 3.09. The van der Waals surface area contributed by atoms with Crippen molar-refractivity contribution in [2.45, 2.75) is 13.8 Å². The molecule has 0 fully saturated rings. The van der Waals surface area contributed by atoms with Crippen molar-refractivity contribution in [3.8, 4) is 11.1 Å². The summed E-state index contributed by atoms with van der Waals surface area (Å²) in [6.45, 7) is 3.93. The molecule has 2 aromatic carbocycles. The summed E-state index contributed by atoms with van der Waals surface area (Å²) < 4.78 is 0. The van der Waals surface area contributed by atoms with Gasteiger partial charge in [-0.2, -0.15) is 0 Å². The van der Waals surface area contributed by atoms with Crippen LogP contribution in [0.2, 0.25) is 5.02 Å². The summed E-state index contributed by atoms with van der Waals surface area (Å²) >= 11 is 7.62. The van der Waals surface area contributed by atoms with E-state index in [1.54, 1.807) is 17.4 Å². The summed E-state index contributed by atoms with van der Waals surface area (Å²) in [5.41, 5.74) is 3.60. The van der Waals surface area contributed by atoms with Gasteiger partial charge in [0, 0.05) is 33.3 Å². The maximum absolute atomic E-state index is 11.1. The Morgan fingerprint density at radius 3 is 2.57 bits per heavy atom. The van der Waals surface area contributed by atoms with Crippen LogP contribution in [0.4, 0.5) is 17.2 Å². The van der Waals surface area contributed by atoms with Gasteiger partial charge >= 0.3 is 0 Å². The maximum atomic E-state index is 11.1. The van der Waals surface area contributed by atoms with Crippen LogP contribution in [0.15, 0.2) is 48.8 Å². The van der Waals surface area contributed by atoms with Crippen molar-refractivity contribution in [1.82, 2.24) is 9.97 Å². The molecular formula is C20H15ClN4O2S. The lowest BCUT2D eigenvalue weighted by Crippen LogP contribution is -1.99. The van der Waals surface area contributed by atoms with Crippen molar-refractivity contribution in [2.75, 3.05) is 5.32 Å². The van der Waals surface area contributed by atoms with E-state index in [0.717, 1.165) is 31.8 Å². The Labute approximate surface area is 170 Å². The first-order chi connectivity index (χ1) is 13.4. The number of anilines is 2. The molecule has 0 amide bonds. The number of aromatic nitrogens is 2. The number of thiophene rings is 1. The largest absolute Gasteiger partial charge is 0.339 e. The van der Waals surface area contributed by atoms with Crippen LogP contribution in [0.1, 0.15) is 10.4 Å². The van der Waals surface area contributed by atoms with Gasteiger partial charge in [0.25, 0.3) is 5.69 Å². The third kappa shape index (κ3) is 3.30. The van der Waals surface area contributed by atoms with Crippen LogP contribution in [-0.4, -0.2) is 14.9 Å². The van der Waals surface area contributed by atoms with E-state index in [0.29, 0.717) is 16.5 Å². The van der Waals surface area contributed by atoms with Gasteiger partial charge in [-0.05, 0) is 37.1 Å². The molecule has 0 aliphatic heterocycles. The Kier molecular flexibility index (Phi) is 4.70. The molecule has 4 aromatic rings. The Morgan fingerprint density at radius 1 is 1.11 bits per heavy atom. The van der Waals surface area contributed by atoms with Gasteiger partial charge in [0.05, 0.1) is 10.3 Å². The summed E-state index contributed by atoms with van der Waals surface area (Å²) in [5, 5.41) is 16.0. The number of nitrogens with one attached hydrogen (secondary N) is 1. The summed E-state index contributed by atoms with van der Waals surface area (Å²) in [6, 6.07) is 12.4. The van der Waals surface area contributed by atoms with Crippen LogP contribution in [0.3, 0.4) is 0 Å². The second-order valence-corrected chi connectivity index (χ2v) is 7.96. The summed E-state index contributed by atoms with van der Waals surface area (Å²) in [7, 11) is 0. The minimum atomic E-state index is -0.409. The number of nitro groups is 1. The van der Waals surface area contributed by atoms with Crippen molar-refractivity contribution in [3.05, 3.63) is 74.4 Å². The molecule has 0 aliphatic rings. The molecule has 140 valence electrons. The van der Waals surface area contributed by atoms with E-state index in [9.17, 15) is 10.1 Å². The number of nitro benzene ring substituents is 1. The van der Waals surface area contributed by atoms with Crippen molar-refractivity contribution < 1.29 is 4.92 Å². The highest BCUT2D eigenvalue weighted by Crippen LogP contribution is 2.41. The molecule has 8 heteroatoms. The number of fused-ring (bicyclic) bond motifs is 1. The molecule has 1 N–H and O–H groups in total. The van der Waals surface area contributed by atoms with E-state index in [1.807, 2.05) is 38.1 Å². The number of non-ortho nitro benzene ring substituents is 1. The molecule has 0 radical (unpaired) electrons. The first-order valence-electron chi connectivity index (χ1n) is 8.46. The van der Waals surface area contributed by atoms with Gasteiger partial charge in [-0.1, -0.05) is 29.8 Å². The normalized spacial score (nSPS) is 11.0. The van der Waals surface area contributed by atoms with E-state index in [1.165, 1.54) is 18.5 Å². The maximum Gasteiger partial charge on any atom is 0.271 e. The minimum absolute atomic E-state index is 0.0258. The summed E-state index contributed by atoms with van der Waals surface area (Å²) in [4.78, 5) is 21.5. The molecule has 2 aromatic heterocycles. The van der Waals surface area contributed by atoms with Crippen molar-refractivity contribution in [3.63, 3.8) is 0 Å². The van der Waals surface area contributed by atoms with Crippen molar-refractivity contribution in [2.24, 2.45) is 0 Å². The van der Waals surface area contributed by atoms with E-state index in [-0.39, 0.29) is 5.69 Å². The van der Waals surface area contributed by atoms with E-state index >= 15 is 0 Å². The molecule has 0 atom stereocenters. The van der Waals surface area contributed by atoms with Gasteiger partial charge in [0.15, 0.2) is 0 Å². The zero-order valence-electron chi connectivity index (χ0n) is 15.1. The monoisotopic (exact) mass is 410 g/mol. The minimum Gasteiger partial charge on any atom is -0.339 e. The second kappa shape index (κ2) is 7.18. The zero-order valence-corrected chi connectivity index (χ0v) is 16.6. The van der Waals surface area contributed by atoms with Gasteiger partial charge in [-0.25, -0.2) is 9.97 Å². The highest BCUT2D eigenvalue weighted by molar-refractivity contribution is 7.19. The van der Waals surface area contributed by atoms with Crippen LogP contribution in [0.25, 0.3) is 21.3 Å². The predicted octanol–water partition coefficient (Wildman–Crippen LogP) is 6.28. The zero-order chi connectivity index (χ0) is 19.8. The first-order valence-corrected chi connectivity index (χ1v) is 9.65. The molecule has 4 rings (SSSR count). The fraction of sp³-hybridized carbons (Fsp3) is 0.100. The highest BCUT2D eigenvalue weighted by Gasteiger charge is 2.18. The van der Waals surface area contributed by atoms with Gasteiger partial charge < -0.3 is 5.32 Å². The molecule has 6 nitrogen and oxygen atoms in total. The van der Waals surface area contributed by atoms with Crippen LogP contribution >= 0.6 is 22.9 Å². The molecule has 0 unspecified atom stereocenters. The number of nitrogens with zero attached hydrogens (tertiary/aromatic N) is 3. The molecule has 0 saturated carbocycles. The average molecular weight is 411 g/mol.